The SMILES string of the molecule is COc1cc2ccccc2cc1C=O.O=Cc1cc2ccccc2cc1O.S=S=S=S=S=S=S=S=S=S.S=S=S=S=S=S=S=S=S=S=S. The number of carbonyl (C=O) groups excluding carboxylic acids is 2. The third kappa shape index (κ3) is 21.5. The topological polar surface area (TPSA) is 63.6 Å². The maximum atomic E-state index is 10.7. The second-order valence-corrected chi connectivity index (χ2v) is 37.2. The average molecular weight is 1030 g/mol. The highest BCUT2D eigenvalue weighted by Crippen LogP contribution is 2.24. The van der Waals surface area contributed by atoms with E-state index < -0.39 is 0 Å². The number of hydrogen-bond donors (Lipinski definition) is 1. The fraction of sp³-hybridized carbons (Fsp3) is 0.0435. The van der Waals surface area contributed by atoms with Crippen molar-refractivity contribution in [1.29, 1.82) is 0 Å². The van der Waals surface area contributed by atoms with E-state index in [0.29, 0.717) is 23.2 Å². The summed E-state index contributed by atoms with van der Waals surface area (Å²) in [6, 6.07) is 22.4. The number of carbonyl (C=O) groups is 2. The Kier molecular flexibility index (Phi) is 31.9. The summed E-state index contributed by atoms with van der Waals surface area (Å²) in [7, 11) is 28.7. The third-order valence-corrected chi connectivity index (χ3v) is 38.0. The molecule has 0 radical (unpaired) electrons. The van der Waals surface area contributed by atoms with Crippen molar-refractivity contribution in [2.24, 2.45) is 0 Å². The molecule has 0 fully saturated rings. The van der Waals surface area contributed by atoms with Crippen molar-refractivity contribution in [2.75, 3.05) is 7.11 Å². The van der Waals surface area contributed by atoms with Gasteiger partial charge in [0.2, 0.25) is 0 Å². The van der Waals surface area contributed by atoms with Crippen molar-refractivity contribution in [2.45, 2.75) is 0 Å². The van der Waals surface area contributed by atoms with Crippen LogP contribution in [0.4, 0.5) is 0 Å². The lowest BCUT2D eigenvalue weighted by atomic mass is 10.1. The van der Waals surface area contributed by atoms with Crippen LogP contribution < -0.4 is 4.74 Å². The number of aromatic hydroxyl groups is 1. The first-order chi connectivity index (χ1) is 23.5. The van der Waals surface area contributed by atoms with Gasteiger partial charge in [-0.1, -0.05) is 48.5 Å². The van der Waals surface area contributed by atoms with Crippen LogP contribution in [-0.2, 0) is 196 Å². The molecule has 0 aromatic heterocycles. The average Bonchev–Trinajstić information content (AvgIpc) is 3.12. The number of methoxy groups -OCH3 is 1. The minimum atomic E-state index is 0.0358. The van der Waals surface area contributed by atoms with Gasteiger partial charge in [0, 0.05) is 196 Å². The minimum Gasteiger partial charge on any atom is -0.507 e. The lowest BCUT2D eigenvalue weighted by Gasteiger charge is -2.05. The molecule has 0 heterocycles. The highest BCUT2D eigenvalue weighted by molar-refractivity contribution is 8.74. The summed E-state index contributed by atoms with van der Waals surface area (Å²) in [6.07, 6.45) is 1.47. The Morgan fingerprint density at radius 3 is 1.15 bits per heavy atom. The van der Waals surface area contributed by atoms with Crippen LogP contribution >= 0.6 is 0 Å². The van der Waals surface area contributed by atoms with E-state index in [4.69, 9.17) is 4.74 Å². The molecular formula is C23H18O4S21. The first-order valence-electron chi connectivity index (χ1n) is 11.5. The highest BCUT2D eigenvalue weighted by atomic mass is 33.4. The van der Waals surface area contributed by atoms with Gasteiger partial charge in [-0.25, -0.2) is 0 Å². The van der Waals surface area contributed by atoms with Crippen LogP contribution in [0.5, 0.6) is 11.5 Å². The molecule has 0 saturated heterocycles. The Hall–Kier alpha value is 0.960. The monoisotopic (exact) mass is 1030 g/mol. The molecule has 4 nitrogen and oxygen atoms in total. The largest absolute Gasteiger partial charge is 0.507 e. The van der Waals surface area contributed by atoms with E-state index in [-0.39, 0.29) is 5.75 Å². The Labute approximate surface area is 346 Å². The number of aldehydes is 2. The lowest BCUT2D eigenvalue weighted by molar-refractivity contribution is 0.111. The third-order valence-electron chi connectivity index (χ3n) is 4.66. The van der Waals surface area contributed by atoms with Crippen molar-refractivity contribution in [1.82, 2.24) is 0 Å². The highest BCUT2D eigenvalue weighted by Gasteiger charge is 2.03. The standard InChI is InChI=1S/C12H10O2.C11H8O2.S11.S10/c1-14-12-7-10-5-3-2-4-9(10)6-11(12)8-13;12-7-10-5-8-3-1-2-4-9(8)6-11(10)13;1-3-5-7-9-11-10-8-6-4-2;1-3-5-7-9-10-8-6-4-2/h2-8H,1H3;1-7,13H;;. The van der Waals surface area contributed by atoms with Gasteiger partial charge in [0.15, 0.2) is 12.6 Å². The van der Waals surface area contributed by atoms with Gasteiger partial charge < -0.3 is 9.84 Å². The lowest BCUT2D eigenvalue weighted by Crippen LogP contribution is -1.90. The second-order valence-electron chi connectivity index (χ2n) is 7.09. The van der Waals surface area contributed by atoms with Gasteiger partial charge in [-0.05, 0) is 45.8 Å². The number of phenolic OH excluding ortho intramolecular Hbond substituents is 1. The fourth-order valence-corrected chi connectivity index (χ4v) is 38.7. The molecule has 4 aromatic carbocycles. The molecule has 0 aliphatic rings. The first-order valence-corrected chi connectivity index (χ1v) is 36.8. The summed E-state index contributed by atoms with van der Waals surface area (Å²) in [6.45, 7) is 0. The Morgan fingerprint density at radius 1 is 0.500 bits per heavy atom. The van der Waals surface area contributed by atoms with Gasteiger partial charge in [0.1, 0.15) is 11.5 Å². The minimum absolute atomic E-state index is 0.0358. The fourth-order valence-electron chi connectivity index (χ4n) is 2.99. The second kappa shape index (κ2) is 32.6. The molecule has 0 aliphatic heterocycles. The van der Waals surface area contributed by atoms with E-state index in [2.05, 4.69) is 44.8 Å². The zero-order valence-electron chi connectivity index (χ0n) is 23.3. The summed E-state index contributed by atoms with van der Waals surface area (Å²) in [5.74, 6) is 0.660. The molecule has 0 unspecified atom stereocenters. The van der Waals surface area contributed by atoms with E-state index >= 15 is 0 Å². The van der Waals surface area contributed by atoms with Gasteiger partial charge in [-0.3, -0.25) is 9.59 Å². The van der Waals surface area contributed by atoms with Crippen LogP contribution in [0.1, 0.15) is 20.7 Å². The normalized spacial score (nSPS) is 8.69. The van der Waals surface area contributed by atoms with E-state index in [0.717, 1.165) is 27.8 Å². The molecule has 0 saturated carbocycles. The van der Waals surface area contributed by atoms with E-state index in [1.54, 1.807) is 135 Å². The molecule has 25 heteroatoms. The number of hydrogen-bond acceptors (Lipinski definition) is 8. The van der Waals surface area contributed by atoms with Crippen LogP contribution in [0.3, 0.4) is 0 Å². The van der Waals surface area contributed by atoms with Crippen LogP contribution in [0.15, 0.2) is 72.8 Å². The summed E-state index contributed by atoms with van der Waals surface area (Å²) in [4.78, 5) is 21.3. The predicted molar refractivity (Wildman–Crippen MR) is 262 cm³/mol. The molecule has 260 valence electrons. The van der Waals surface area contributed by atoms with Gasteiger partial charge in [0.25, 0.3) is 0 Å². The van der Waals surface area contributed by atoms with Crippen LogP contribution in [0.2, 0.25) is 0 Å². The maximum Gasteiger partial charge on any atom is 0.153 e. The van der Waals surface area contributed by atoms with Crippen LogP contribution in [-0.4, -0.2) is 24.8 Å². The molecule has 0 bridgehead atoms. The molecule has 1 N–H and O–H groups in total. The van der Waals surface area contributed by atoms with Crippen molar-refractivity contribution < 1.29 is 19.4 Å². The van der Waals surface area contributed by atoms with Crippen molar-refractivity contribution in [3.8, 4) is 11.5 Å². The number of benzene rings is 4. The number of ether oxygens (including phenoxy) is 1. The van der Waals surface area contributed by atoms with Gasteiger partial charge in [-0.15, -0.1) is 0 Å². The number of phenols is 1. The number of fused-ring (bicyclic) bond motifs is 2. The Bertz CT molecular complexity index is 2420. The zero-order valence-corrected chi connectivity index (χ0v) is 40.5. The van der Waals surface area contributed by atoms with Gasteiger partial charge in [0.05, 0.1) is 18.2 Å². The summed E-state index contributed by atoms with van der Waals surface area (Å²) in [5, 5.41) is 13.4. The molecule has 0 atom stereocenters. The summed E-state index contributed by atoms with van der Waals surface area (Å²) >= 11 is 18.7. The molecule has 4 aromatic rings. The quantitative estimate of drug-likeness (QED) is 0.290. The molecule has 0 spiro atoms. The zero-order chi connectivity index (χ0) is 35.2. The van der Waals surface area contributed by atoms with Crippen molar-refractivity contribution >= 4 is 230 Å². The predicted octanol–water partition coefficient (Wildman–Crippen LogP) is 4.97. The van der Waals surface area contributed by atoms with Crippen LogP contribution in [0.25, 0.3) is 21.5 Å². The molecule has 0 aliphatic carbocycles. The smallest absolute Gasteiger partial charge is 0.153 e. The first kappa shape index (κ1) is 47.0. The van der Waals surface area contributed by atoms with Crippen molar-refractivity contribution in [3.63, 3.8) is 0 Å². The summed E-state index contributed by atoms with van der Waals surface area (Å²) < 4.78 is 5.11. The van der Waals surface area contributed by atoms with Crippen molar-refractivity contribution in [3.05, 3.63) is 83.9 Å². The molecule has 48 heavy (non-hydrogen) atoms. The molecule has 0 amide bonds. The number of rotatable bonds is 3. The van der Waals surface area contributed by atoms with E-state index in [1.165, 1.54) is 35.5 Å². The molecule has 4 rings (SSSR count). The van der Waals surface area contributed by atoms with Gasteiger partial charge in [-0.2, -0.15) is 0 Å². The Morgan fingerprint density at radius 2 is 0.812 bits per heavy atom. The van der Waals surface area contributed by atoms with E-state index in [1.807, 2.05) is 60.7 Å². The van der Waals surface area contributed by atoms with E-state index in [9.17, 15) is 14.7 Å². The van der Waals surface area contributed by atoms with Gasteiger partial charge >= 0.3 is 0 Å². The Balaban J connectivity index is 0.000000324. The summed E-state index contributed by atoms with van der Waals surface area (Å²) in [5.41, 5.74) is 0.921. The molecular weight excluding hydrogens is 1010 g/mol. The maximum absolute atomic E-state index is 10.7. The van der Waals surface area contributed by atoms with Crippen LogP contribution in [0, 0.1) is 0 Å².